The Morgan fingerprint density at radius 3 is 2.89 bits per heavy atom. The number of anilines is 1. The number of rotatable bonds is 4. The molecular weight excluding hydrogens is 264 g/mol. The van der Waals surface area contributed by atoms with Crippen molar-refractivity contribution in [1.29, 1.82) is 0 Å². The number of halogens is 1. The van der Waals surface area contributed by atoms with Gasteiger partial charge in [-0.05, 0) is 38.1 Å². The molecule has 0 aliphatic carbocycles. The summed E-state index contributed by atoms with van der Waals surface area (Å²) in [4.78, 5) is 14.0. The molecule has 0 bridgehead atoms. The molecule has 0 atom stereocenters. The summed E-state index contributed by atoms with van der Waals surface area (Å²) < 4.78 is 5.43. The third-order valence-electron chi connectivity index (χ3n) is 3.23. The summed E-state index contributed by atoms with van der Waals surface area (Å²) in [5, 5.41) is 3.66. The molecule has 1 aliphatic heterocycles. The van der Waals surface area contributed by atoms with Gasteiger partial charge in [0.15, 0.2) is 0 Å². The van der Waals surface area contributed by atoms with E-state index in [9.17, 15) is 4.79 Å². The SMILES string of the molecule is CN1CCC(OC(=O)CNc2cccc(Cl)c2)CC1. The summed E-state index contributed by atoms with van der Waals surface area (Å²) in [7, 11) is 2.08. The number of carbonyl (C=O) groups excluding carboxylic acids is 1. The average Bonchev–Trinajstić information content (AvgIpc) is 2.39. The van der Waals surface area contributed by atoms with Crippen LogP contribution in [0.2, 0.25) is 5.02 Å². The van der Waals surface area contributed by atoms with Crippen LogP contribution in [0.15, 0.2) is 24.3 Å². The Kier molecular flexibility index (Phi) is 5.05. The maximum Gasteiger partial charge on any atom is 0.325 e. The van der Waals surface area contributed by atoms with Crippen LogP contribution in [-0.4, -0.2) is 43.7 Å². The van der Waals surface area contributed by atoms with Crippen molar-refractivity contribution in [1.82, 2.24) is 4.90 Å². The Balaban J connectivity index is 1.73. The first-order valence-corrected chi connectivity index (χ1v) is 6.89. The topological polar surface area (TPSA) is 41.6 Å². The van der Waals surface area contributed by atoms with Gasteiger partial charge in [0.05, 0.1) is 0 Å². The molecule has 2 rings (SSSR count). The van der Waals surface area contributed by atoms with Gasteiger partial charge in [-0.1, -0.05) is 17.7 Å². The van der Waals surface area contributed by atoms with E-state index >= 15 is 0 Å². The minimum atomic E-state index is -0.213. The molecule has 0 unspecified atom stereocenters. The van der Waals surface area contributed by atoms with Crippen molar-refractivity contribution in [2.45, 2.75) is 18.9 Å². The Morgan fingerprint density at radius 2 is 2.21 bits per heavy atom. The molecule has 1 aliphatic rings. The van der Waals surface area contributed by atoms with Gasteiger partial charge in [0.2, 0.25) is 0 Å². The van der Waals surface area contributed by atoms with Gasteiger partial charge in [0.1, 0.15) is 12.6 Å². The lowest BCUT2D eigenvalue weighted by Crippen LogP contribution is -2.36. The quantitative estimate of drug-likeness (QED) is 0.861. The lowest BCUT2D eigenvalue weighted by molar-refractivity contribution is -0.148. The van der Waals surface area contributed by atoms with Gasteiger partial charge in [0, 0.05) is 23.8 Å². The highest BCUT2D eigenvalue weighted by molar-refractivity contribution is 6.30. The molecule has 5 heteroatoms. The van der Waals surface area contributed by atoms with Gasteiger partial charge in [-0.2, -0.15) is 0 Å². The summed E-state index contributed by atoms with van der Waals surface area (Å²) in [5.41, 5.74) is 0.827. The van der Waals surface area contributed by atoms with E-state index < -0.39 is 0 Å². The molecule has 0 radical (unpaired) electrons. The minimum absolute atomic E-state index is 0.0601. The van der Waals surface area contributed by atoms with Gasteiger partial charge in [-0.15, -0.1) is 0 Å². The fraction of sp³-hybridized carbons (Fsp3) is 0.500. The minimum Gasteiger partial charge on any atom is -0.461 e. The number of benzene rings is 1. The Hall–Kier alpha value is -1.26. The standard InChI is InChI=1S/C14H19ClN2O2/c1-17-7-5-13(6-8-17)19-14(18)10-16-12-4-2-3-11(15)9-12/h2-4,9,13,16H,5-8,10H2,1H3. The largest absolute Gasteiger partial charge is 0.461 e. The fourth-order valence-corrected chi connectivity index (χ4v) is 2.29. The molecule has 1 saturated heterocycles. The molecule has 1 heterocycles. The zero-order chi connectivity index (χ0) is 13.7. The van der Waals surface area contributed by atoms with Crippen molar-refractivity contribution in [3.8, 4) is 0 Å². The second-order valence-electron chi connectivity index (χ2n) is 4.86. The number of piperidine rings is 1. The zero-order valence-electron chi connectivity index (χ0n) is 11.1. The van der Waals surface area contributed by atoms with Crippen LogP contribution >= 0.6 is 11.6 Å². The molecule has 0 aromatic heterocycles. The van der Waals surface area contributed by atoms with E-state index in [1.807, 2.05) is 12.1 Å². The van der Waals surface area contributed by atoms with E-state index in [1.165, 1.54) is 0 Å². The summed E-state index contributed by atoms with van der Waals surface area (Å²) in [6, 6.07) is 7.29. The third-order valence-corrected chi connectivity index (χ3v) is 3.46. The predicted octanol–water partition coefficient (Wildman–Crippen LogP) is 2.39. The molecule has 104 valence electrons. The summed E-state index contributed by atoms with van der Waals surface area (Å²) in [6.45, 7) is 2.14. The van der Waals surface area contributed by atoms with E-state index in [-0.39, 0.29) is 18.6 Å². The van der Waals surface area contributed by atoms with Crippen LogP contribution in [0.5, 0.6) is 0 Å². The van der Waals surface area contributed by atoms with Gasteiger partial charge < -0.3 is 15.0 Å². The number of likely N-dealkylation sites (tertiary alicyclic amines) is 1. The van der Waals surface area contributed by atoms with Crippen molar-refractivity contribution in [2.75, 3.05) is 32.0 Å². The molecule has 1 N–H and O–H groups in total. The van der Waals surface area contributed by atoms with Crippen molar-refractivity contribution < 1.29 is 9.53 Å². The normalized spacial score (nSPS) is 17.2. The smallest absolute Gasteiger partial charge is 0.325 e. The second-order valence-corrected chi connectivity index (χ2v) is 5.29. The lowest BCUT2D eigenvalue weighted by Gasteiger charge is -2.28. The van der Waals surface area contributed by atoms with E-state index in [4.69, 9.17) is 16.3 Å². The van der Waals surface area contributed by atoms with Crippen molar-refractivity contribution >= 4 is 23.3 Å². The molecule has 1 fully saturated rings. The summed E-state index contributed by atoms with van der Waals surface area (Å²) >= 11 is 5.87. The molecular formula is C14H19ClN2O2. The maximum absolute atomic E-state index is 11.7. The zero-order valence-corrected chi connectivity index (χ0v) is 11.8. The Labute approximate surface area is 118 Å². The molecule has 1 aromatic carbocycles. The second kappa shape index (κ2) is 6.78. The number of nitrogens with one attached hydrogen (secondary N) is 1. The van der Waals surface area contributed by atoms with E-state index in [0.29, 0.717) is 5.02 Å². The highest BCUT2D eigenvalue weighted by atomic mass is 35.5. The first kappa shape index (κ1) is 14.2. The maximum atomic E-state index is 11.7. The van der Waals surface area contributed by atoms with Crippen LogP contribution < -0.4 is 5.32 Å². The molecule has 1 aromatic rings. The van der Waals surface area contributed by atoms with E-state index in [0.717, 1.165) is 31.6 Å². The number of carbonyl (C=O) groups is 1. The molecule has 0 spiro atoms. The Morgan fingerprint density at radius 1 is 1.47 bits per heavy atom. The Bertz CT molecular complexity index is 431. The van der Waals surface area contributed by atoms with Crippen LogP contribution in [0, 0.1) is 0 Å². The number of ether oxygens (including phenoxy) is 1. The number of nitrogens with zero attached hydrogens (tertiary/aromatic N) is 1. The van der Waals surface area contributed by atoms with Crippen molar-refractivity contribution in [2.24, 2.45) is 0 Å². The van der Waals surface area contributed by atoms with Crippen LogP contribution in [0.3, 0.4) is 0 Å². The van der Waals surface area contributed by atoms with Crippen LogP contribution in [0.4, 0.5) is 5.69 Å². The highest BCUT2D eigenvalue weighted by Crippen LogP contribution is 2.15. The molecule has 19 heavy (non-hydrogen) atoms. The predicted molar refractivity (Wildman–Crippen MR) is 76.6 cm³/mol. The molecule has 4 nitrogen and oxygen atoms in total. The molecule has 0 saturated carbocycles. The van der Waals surface area contributed by atoms with E-state index in [2.05, 4.69) is 17.3 Å². The van der Waals surface area contributed by atoms with Crippen molar-refractivity contribution in [3.05, 3.63) is 29.3 Å². The van der Waals surface area contributed by atoms with Gasteiger partial charge in [-0.3, -0.25) is 4.79 Å². The van der Waals surface area contributed by atoms with Crippen LogP contribution in [-0.2, 0) is 9.53 Å². The van der Waals surface area contributed by atoms with Crippen molar-refractivity contribution in [3.63, 3.8) is 0 Å². The monoisotopic (exact) mass is 282 g/mol. The molecule has 0 amide bonds. The lowest BCUT2D eigenvalue weighted by atomic mass is 10.1. The van der Waals surface area contributed by atoms with Gasteiger partial charge in [0.25, 0.3) is 0 Å². The van der Waals surface area contributed by atoms with Crippen LogP contribution in [0.1, 0.15) is 12.8 Å². The summed E-state index contributed by atoms with van der Waals surface area (Å²) in [6.07, 6.45) is 1.89. The number of hydrogen-bond donors (Lipinski definition) is 1. The van der Waals surface area contributed by atoms with Gasteiger partial charge >= 0.3 is 5.97 Å². The first-order valence-electron chi connectivity index (χ1n) is 6.51. The summed E-state index contributed by atoms with van der Waals surface area (Å²) in [5.74, 6) is -0.213. The van der Waals surface area contributed by atoms with E-state index in [1.54, 1.807) is 12.1 Å². The van der Waals surface area contributed by atoms with Gasteiger partial charge in [-0.25, -0.2) is 0 Å². The highest BCUT2D eigenvalue weighted by Gasteiger charge is 2.19. The van der Waals surface area contributed by atoms with Crippen LogP contribution in [0.25, 0.3) is 0 Å². The first-order chi connectivity index (χ1) is 9.13. The third kappa shape index (κ3) is 4.73. The number of esters is 1. The number of hydrogen-bond acceptors (Lipinski definition) is 4. The fourth-order valence-electron chi connectivity index (χ4n) is 2.10. The average molecular weight is 283 g/mol.